The highest BCUT2D eigenvalue weighted by atomic mass is 16.3. The number of Topliss-reactive ketones (excluding diaryl/α,β-unsaturated/α-hetero) is 1. The molecule has 1 atom stereocenters. The second-order valence-corrected chi connectivity index (χ2v) is 1.60. The van der Waals surface area contributed by atoms with Crippen LogP contribution in [0, 0.1) is 4.91 Å². The zero-order chi connectivity index (χ0) is 6.57. The van der Waals surface area contributed by atoms with Crippen molar-refractivity contribution in [2.24, 2.45) is 5.18 Å². The third-order valence-corrected chi connectivity index (χ3v) is 0.973. The fourth-order valence-corrected chi connectivity index (χ4v) is 0.354. The average molecular weight is 115 g/mol. The first kappa shape index (κ1) is 7.27. The molecule has 0 radical (unpaired) electrons. The summed E-state index contributed by atoms with van der Waals surface area (Å²) in [4.78, 5) is 20.1. The maximum absolute atomic E-state index is 10.4. The Bertz CT molecular complexity index is 101. The van der Waals surface area contributed by atoms with Crippen LogP contribution < -0.4 is 0 Å². The maximum atomic E-state index is 10.4. The van der Waals surface area contributed by atoms with E-state index in [1.165, 1.54) is 6.92 Å². The van der Waals surface area contributed by atoms with E-state index in [-0.39, 0.29) is 5.78 Å². The minimum Gasteiger partial charge on any atom is -0.297 e. The molecule has 0 aromatic rings. The van der Waals surface area contributed by atoms with E-state index in [2.05, 4.69) is 5.18 Å². The molecular weight excluding hydrogens is 106 g/mol. The van der Waals surface area contributed by atoms with Crippen LogP contribution in [0.2, 0.25) is 0 Å². The van der Waals surface area contributed by atoms with Crippen LogP contribution in [0.1, 0.15) is 20.3 Å². The van der Waals surface area contributed by atoms with E-state index in [1.54, 1.807) is 6.92 Å². The van der Waals surface area contributed by atoms with Crippen LogP contribution in [-0.4, -0.2) is 11.8 Å². The molecule has 0 spiro atoms. The Morgan fingerprint density at radius 2 is 2.25 bits per heavy atom. The normalized spacial score (nSPS) is 12.8. The average Bonchev–Trinajstić information content (AvgIpc) is 1.84. The summed E-state index contributed by atoms with van der Waals surface area (Å²) < 4.78 is 0. The molecule has 0 rings (SSSR count). The van der Waals surface area contributed by atoms with Gasteiger partial charge in [-0.3, -0.25) is 4.79 Å². The molecule has 0 fully saturated rings. The van der Waals surface area contributed by atoms with E-state index in [0.717, 1.165) is 0 Å². The van der Waals surface area contributed by atoms with Gasteiger partial charge < -0.3 is 0 Å². The van der Waals surface area contributed by atoms with Crippen molar-refractivity contribution in [3.8, 4) is 0 Å². The van der Waals surface area contributed by atoms with Crippen LogP contribution in [0.5, 0.6) is 0 Å². The Kier molecular flexibility index (Phi) is 2.99. The predicted molar refractivity (Wildman–Crippen MR) is 30.6 cm³/mol. The van der Waals surface area contributed by atoms with Gasteiger partial charge in [0, 0.05) is 6.42 Å². The molecule has 3 nitrogen and oxygen atoms in total. The Morgan fingerprint density at radius 1 is 1.75 bits per heavy atom. The van der Waals surface area contributed by atoms with Gasteiger partial charge in [-0.15, -0.1) is 0 Å². The number of carbonyl (C=O) groups excluding carboxylic acids is 1. The second-order valence-electron chi connectivity index (χ2n) is 1.60. The summed E-state index contributed by atoms with van der Waals surface area (Å²) in [7, 11) is 0. The number of hydrogen-bond donors (Lipinski definition) is 0. The van der Waals surface area contributed by atoms with Gasteiger partial charge in [-0.1, -0.05) is 12.1 Å². The van der Waals surface area contributed by atoms with Gasteiger partial charge in [0.05, 0.1) is 0 Å². The zero-order valence-electron chi connectivity index (χ0n) is 5.05. The molecule has 0 N–H and O–H groups in total. The number of hydrogen-bond acceptors (Lipinski definition) is 3. The third kappa shape index (κ3) is 1.82. The number of nitroso groups, excluding NO2 is 1. The molecule has 0 aliphatic rings. The Labute approximate surface area is 48.1 Å². The van der Waals surface area contributed by atoms with Crippen molar-refractivity contribution in [2.75, 3.05) is 0 Å². The fourth-order valence-electron chi connectivity index (χ4n) is 0.354. The first-order valence-corrected chi connectivity index (χ1v) is 2.57. The molecule has 8 heavy (non-hydrogen) atoms. The largest absolute Gasteiger partial charge is 0.297 e. The summed E-state index contributed by atoms with van der Waals surface area (Å²) in [6.07, 6.45) is 0.396. The zero-order valence-corrected chi connectivity index (χ0v) is 5.05. The molecule has 3 heteroatoms. The Hall–Kier alpha value is -0.730. The van der Waals surface area contributed by atoms with E-state index >= 15 is 0 Å². The van der Waals surface area contributed by atoms with Gasteiger partial charge in [-0.25, -0.2) is 0 Å². The molecule has 0 aliphatic heterocycles. The lowest BCUT2D eigenvalue weighted by atomic mass is 10.2. The lowest BCUT2D eigenvalue weighted by Crippen LogP contribution is -2.11. The molecule has 0 aliphatic carbocycles. The Morgan fingerprint density at radius 3 is 2.38 bits per heavy atom. The smallest absolute Gasteiger partial charge is 0.160 e. The molecule has 0 bridgehead atoms. The van der Waals surface area contributed by atoms with Crippen LogP contribution in [0.3, 0.4) is 0 Å². The molecule has 0 aromatic heterocycles. The van der Waals surface area contributed by atoms with E-state index < -0.39 is 6.04 Å². The highest BCUT2D eigenvalue weighted by Gasteiger charge is 2.08. The summed E-state index contributed by atoms with van der Waals surface area (Å²) >= 11 is 0. The SMILES string of the molecule is CCC(=O)C(C)N=O. The van der Waals surface area contributed by atoms with E-state index in [4.69, 9.17) is 0 Å². The topological polar surface area (TPSA) is 46.5 Å². The van der Waals surface area contributed by atoms with Crippen molar-refractivity contribution in [3.63, 3.8) is 0 Å². The minimum absolute atomic E-state index is 0.0972. The van der Waals surface area contributed by atoms with Gasteiger partial charge in [0.2, 0.25) is 0 Å². The highest BCUT2D eigenvalue weighted by molar-refractivity contribution is 5.83. The van der Waals surface area contributed by atoms with Crippen molar-refractivity contribution in [3.05, 3.63) is 4.91 Å². The molecule has 0 heterocycles. The highest BCUT2D eigenvalue weighted by Crippen LogP contribution is 1.92. The van der Waals surface area contributed by atoms with Gasteiger partial charge >= 0.3 is 0 Å². The van der Waals surface area contributed by atoms with Gasteiger partial charge in [-0.05, 0) is 6.92 Å². The number of nitrogens with zero attached hydrogens (tertiary/aromatic N) is 1. The second kappa shape index (κ2) is 3.29. The minimum atomic E-state index is -0.653. The third-order valence-electron chi connectivity index (χ3n) is 0.973. The van der Waals surface area contributed by atoms with E-state index in [1.807, 2.05) is 0 Å². The van der Waals surface area contributed by atoms with Crippen LogP contribution >= 0.6 is 0 Å². The number of rotatable bonds is 3. The molecule has 1 unspecified atom stereocenters. The van der Waals surface area contributed by atoms with E-state index in [0.29, 0.717) is 6.42 Å². The van der Waals surface area contributed by atoms with Gasteiger partial charge in [0.25, 0.3) is 0 Å². The molecular formula is C5H9NO2. The van der Waals surface area contributed by atoms with Crippen LogP contribution in [0.4, 0.5) is 0 Å². The first-order chi connectivity index (χ1) is 3.72. The van der Waals surface area contributed by atoms with Crippen molar-refractivity contribution < 1.29 is 4.79 Å². The van der Waals surface area contributed by atoms with Gasteiger partial charge in [-0.2, -0.15) is 4.91 Å². The summed E-state index contributed by atoms with van der Waals surface area (Å²) in [5.41, 5.74) is 0. The predicted octanol–water partition coefficient (Wildman–Crippen LogP) is 1.12. The lowest BCUT2D eigenvalue weighted by Gasteiger charge is -1.93. The van der Waals surface area contributed by atoms with Gasteiger partial charge in [0.1, 0.15) is 6.04 Å². The number of carbonyl (C=O) groups is 1. The quantitative estimate of drug-likeness (QED) is 0.517. The molecule has 46 valence electrons. The van der Waals surface area contributed by atoms with Gasteiger partial charge in [0.15, 0.2) is 5.78 Å². The maximum Gasteiger partial charge on any atom is 0.160 e. The summed E-state index contributed by atoms with van der Waals surface area (Å²) in [5.74, 6) is -0.0972. The van der Waals surface area contributed by atoms with Crippen LogP contribution in [-0.2, 0) is 4.79 Å². The fraction of sp³-hybridized carbons (Fsp3) is 0.800. The summed E-state index contributed by atoms with van der Waals surface area (Å²) in [5, 5.41) is 2.56. The van der Waals surface area contributed by atoms with Crippen molar-refractivity contribution in [2.45, 2.75) is 26.3 Å². The molecule has 0 saturated carbocycles. The standard InChI is InChI=1S/C5H9NO2/c1-3-5(7)4(2)6-8/h4H,3H2,1-2H3. The summed E-state index contributed by atoms with van der Waals surface area (Å²) in [6, 6.07) is -0.653. The van der Waals surface area contributed by atoms with Crippen LogP contribution in [0.25, 0.3) is 0 Å². The lowest BCUT2D eigenvalue weighted by molar-refractivity contribution is -0.119. The summed E-state index contributed by atoms with van der Waals surface area (Å²) in [6.45, 7) is 3.21. The first-order valence-electron chi connectivity index (χ1n) is 2.57. The van der Waals surface area contributed by atoms with Crippen molar-refractivity contribution in [1.82, 2.24) is 0 Å². The van der Waals surface area contributed by atoms with Crippen LogP contribution in [0.15, 0.2) is 5.18 Å². The van der Waals surface area contributed by atoms with Crippen molar-refractivity contribution >= 4 is 5.78 Å². The van der Waals surface area contributed by atoms with Crippen molar-refractivity contribution in [1.29, 1.82) is 0 Å². The molecule has 0 amide bonds. The Balaban J connectivity index is 3.62. The molecule has 0 aromatic carbocycles. The van der Waals surface area contributed by atoms with E-state index in [9.17, 15) is 9.70 Å². The monoisotopic (exact) mass is 115 g/mol. The number of ketones is 1. The molecule has 0 saturated heterocycles.